The summed E-state index contributed by atoms with van der Waals surface area (Å²) in [5.41, 5.74) is 1.47. The van der Waals surface area contributed by atoms with Gasteiger partial charge in [-0.3, -0.25) is 4.72 Å². The van der Waals surface area contributed by atoms with Gasteiger partial charge in [0.25, 0.3) is 10.0 Å². The second-order valence-electron chi connectivity index (χ2n) is 4.78. The lowest BCUT2D eigenvalue weighted by atomic mass is 10.2. The standard InChI is InChI=1S/C14H15BrN2O3S2/c15-13-5-6-14(21-13)22(18,19)16-11-3-1-2-4-12(11)17-7-9-20-10-8-17/h1-6,16H,7-10H2. The van der Waals surface area contributed by atoms with Crippen molar-refractivity contribution in [2.45, 2.75) is 4.21 Å². The van der Waals surface area contributed by atoms with Crippen LogP contribution in [0.3, 0.4) is 0 Å². The lowest BCUT2D eigenvalue weighted by Crippen LogP contribution is -2.36. The first-order valence-electron chi connectivity index (χ1n) is 6.76. The van der Waals surface area contributed by atoms with E-state index in [9.17, 15) is 8.42 Å². The Bertz CT molecular complexity index is 755. The summed E-state index contributed by atoms with van der Waals surface area (Å²) in [6.07, 6.45) is 0. The number of hydrogen-bond acceptors (Lipinski definition) is 5. The average Bonchev–Trinajstić information content (AvgIpc) is 2.96. The molecule has 1 saturated heterocycles. The first-order chi connectivity index (χ1) is 10.6. The monoisotopic (exact) mass is 402 g/mol. The van der Waals surface area contributed by atoms with Crippen LogP contribution >= 0.6 is 27.3 Å². The van der Waals surface area contributed by atoms with E-state index in [1.54, 1.807) is 18.2 Å². The van der Waals surface area contributed by atoms with Crippen LogP contribution in [0, 0.1) is 0 Å². The first kappa shape index (κ1) is 15.8. The molecular formula is C14H15BrN2O3S2. The molecular weight excluding hydrogens is 388 g/mol. The van der Waals surface area contributed by atoms with Gasteiger partial charge < -0.3 is 9.64 Å². The normalized spacial score (nSPS) is 15.8. The van der Waals surface area contributed by atoms with Crippen molar-refractivity contribution in [3.63, 3.8) is 0 Å². The third-order valence-electron chi connectivity index (χ3n) is 3.31. The summed E-state index contributed by atoms with van der Waals surface area (Å²) in [4.78, 5) is 2.13. The second kappa shape index (κ2) is 6.57. The number of thiophene rings is 1. The van der Waals surface area contributed by atoms with Crippen molar-refractivity contribution in [3.8, 4) is 0 Å². The van der Waals surface area contributed by atoms with Crippen molar-refractivity contribution in [2.24, 2.45) is 0 Å². The Balaban J connectivity index is 1.89. The van der Waals surface area contributed by atoms with Gasteiger partial charge in [0.15, 0.2) is 0 Å². The van der Waals surface area contributed by atoms with Gasteiger partial charge in [0.2, 0.25) is 0 Å². The van der Waals surface area contributed by atoms with E-state index in [0.717, 1.165) is 22.6 Å². The van der Waals surface area contributed by atoms with Gasteiger partial charge in [-0.25, -0.2) is 8.42 Å². The van der Waals surface area contributed by atoms with Gasteiger partial charge in [0, 0.05) is 13.1 Å². The van der Waals surface area contributed by atoms with Gasteiger partial charge in [0.05, 0.1) is 28.4 Å². The van der Waals surface area contributed by atoms with Gasteiger partial charge in [-0.2, -0.15) is 0 Å². The molecule has 1 aromatic heterocycles. The van der Waals surface area contributed by atoms with Crippen LogP contribution in [0.25, 0.3) is 0 Å². The second-order valence-corrected chi connectivity index (χ2v) is 9.15. The zero-order valence-corrected chi connectivity index (χ0v) is 14.9. The molecule has 1 fully saturated rings. The molecule has 0 bridgehead atoms. The van der Waals surface area contributed by atoms with E-state index >= 15 is 0 Å². The summed E-state index contributed by atoms with van der Waals surface area (Å²) in [7, 11) is -3.57. The Morgan fingerprint density at radius 2 is 1.86 bits per heavy atom. The van der Waals surface area contributed by atoms with E-state index in [1.807, 2.05) is 18.2 Å². The van der Waals surface area contributed by atoms with E-state index in [1.165, 1.54) is 11.3 Å². The third kappa shape index (κ3) is 3.45. The molecule has 0 unspecified atom stereocenters. The number of rotatable bonds is 4. The van der Waals surface area contributed by atoms with Crippen LogP contribution in [-0.2, 0) is 14.8 Å². The Morgan fingerprint density at radius 1 is 1.14 bits per heavy atom. The molecule has 1 aliphatic rings. The van der Waals surface area contributed by atoms with Crippen molar-refractivity contribution in [2.75, 3.05) is 35.9 Å². The maximum atomic E-state index is 12.5. The molecule has 0 amide bonds. The molecule has 1 aliphatic heterocycles. The quantitative estimate of drug-likeness (QED) is 0.852. The molecule has 0 aliphatic carbocycles. The number of sulfonamides is 1. The molecule has 118 valence electrons. The number of nitrogens with one attached hydrogen (secondary N) is 1. The molecule has 2 aromatic rings. The van der Waals surface area contributed by atoms with Crippen molar-refractivity contribution in [1.29, 1.82) is 0 Å². The van der Waals surface area contributed by atoms with Gasteiger partial charge in [-0.1, -0.05) is 12.1 Å². The van der Waals surface area contributed by atoms with Crippen LogP contribution in [0.1, 0.15) is 0 Å². The Morgan fingerprint density at radius 3 is 2.55 bits per heavy atom. The van der Waals surface area contributed by atoms with Crippen molar-refractivity contribution in [3.05, 3.63) is 40.2 Å². The fourth-order valence-electron chi connectivity index (χ4n) is 2.28. The van der Waals surface area contributed by atoms with Gasteiger partial charge in [-0.05, 0) is 40.2 Å². The highest BCUT2D eigenvalue weighted by atomic mass is 79.9. The van der Waals surface area contributed by atoms with E-state index in [0.29, 0.717) is 18.9 Å². The number of morpholine rings is 1. The Kier molecular flexibility index (Phi) is 4.72. The summed E-state index contributed by atoms with van der Waals surface area (Å²) in [5.74, 6) is 0. The first-order valence-corrected chi connectivity index (χ1v) is 9.85. The van der Waals surface area contributed by atoms with Crippen LogP contribution in [0.4, 0.5) is 11.4 Å². The minimum Gasteiger partial charge on any atom is -0.378 e. The average molecular weight is 403 g/mol. The molecule has 5 nitrogen and oxygen atoms in total. The zero-order valence-electron chi connectivity index (χ0n) is 11.7. The minimum atomic E-state index is -3.57. The van der Waals surface area contributed by atoms with Crippen LogP contribution in [0.15, 0.2) is 44.4 Å². The minimum absolute atomic E-state index is 0.288. The number of anilines is 2. The van der Waals surface area contributed by atoms with Crippen molar-refractivity contribution < 1.29 is 13.2 Å². The highest BCUT2D eigenvalue weighted by Gasteiger charge is 2.20. The highest BCUT2D eigenvalue weighted by molar-refractivity contribution is 9.11. The summed E-state index contributed by atoms with van der Waals surface area (Å²) in [6.45, 7) is 2.81. The highest BCUT2D eigenvalue weighted by Crippen LogP contribution is 2.31. The van der Waals surface area contributed by atoms with Gasteiger partial charge in [0.1, 0.15) is 4.21 Å². The van der Waals surface area contributed by atoms with Crippen LogP contribution in [0.2, 0.25) is 0 Å². The number of ether oxygens (including phenoxy) is 1. The molecule has 1 aromatic carbocycles. The van der Waals surface area contributed by atoms with Gasteiger partial charge >= 0.3 is 0 Å². The molecule has 22 heavy (non-hydrogen) atoms. The molecule has 0 spiro atoms. The number of para-hydroxylation sites is 2. The number of benzene rings is 1. The molecule has 0 saturated carbocycles. The maximum absolute atomic E-state index is 12.5. The molecule has 0 radical (unpaired) electrons. The van der Waals surface area contributed by atoms with E-state index in [-0.39, 0.29) is 4.21 Å². The number of hydrogen-bond donors (Lipinski definition) is 1. The summed E-state index contributed by atoms with van der Waals surface area (Å²) in [5, 5.41) is 0. The number of halogens is 1. The van der Waals surface area contributed by atoms with Crippen molar-refractivity contribution in [1.82, 2.24) is 0 Å². The number of nitrogens with zero attached hydrogens (tertiary/aromatic N) is 1. The SMILES string of the molecule is O=S(=O)(Nc1ccccc1N1CCOCC1)c1ccc(Br)s1. The topological polar surface area (TPSA) is 58.6 Å². The Hall–Kier alpha value is -1.09. The summed E-state index contributed by atoms with van der Waals surface area (Å²) < 4.78 is 34.1. The molecule has 2 heterocycles. The maximum Gasteiger partial charge on any atom is 0.271 e. The summed E-state index contributed by atoms with van der Waals surface area (Å²) in [6, 6.07) is 10.8. The third-order valence-corrected chi connectivity index (χ3v) is 6.79. The lowest BCUT2D eigenvalue weighted by molar-refractivity contribution is 0.123. The fraction of sp³-hybridized carbons (Fsp3) is 0.286. The molecule has 0 atom stereocenters. The fourth-order valence-corrected chi connectivity index (χ4v) is 5.36. The van der Waals surface area contributed by atoms with E-state index in [2.05, 4.69) is 25.6 Å². The molecule has 1 N–H and O–H groups in total. The smallest absolute Gasteiger partial charge is 0.271 e. The zero-order chi connectivity index (χ0) is 15.6. The summed E-state index contributed by atoms with van der Waals surface area (Å²) >= 11 is 4.48. The molecule has 3 rings (SSSR count). The molecule has 8 heteroatoms. The van der Waals surface area contributed by atoms with E-state index < -0.39 is 10.0 Å². The van der Waals surface area contributed by atoms with E-state index in [4.69, 9.17) is 4.74 Å². The predicted octanol–water partition coefficient (Wildman–Crippen LogP) is 3.15. The predicted molar refractivity (Wildman–Crippen MR) is 92.3 cm³/mol. The van der Waals surface area contributed by atoms with Crippen LogP contribution < -0.4 is 9.62 Å². The lowest BCUT2D eigenvalue weighted by Gasteiger charge is -2.30. The largest absolute Gasteiger partial charge is 0.378 e. The van der Waals surface area contributed by atoms with Crippen molar-refractivity contribution >= 4 is 48.7 Å². The van der Waals surface area contributed by atoms with Crippen LogP contribution in [0.5, 0.6) is 0 Å². The van der Waals surface area contributed by atoms with Gasteiger partial charge in [-0.15, -0.1) is 11.3 Å². The Labute approximate surface area is 142 Å². The van der Waals surface area contributed by atoms with Crippen LogP contribution in [-0.4, -0.2) is 34.7 Å².